The average Bonchev–Trinajstić information content (AvgIpc) is 2.91. The van der Waals surface area contributed by atoms with Crippen LogP contribution in [0, 0.1) is 0 Å². The maximum atomic E-state index is 6.05. The molecule has 0 bridgehead atoms. The van der Waals surface area contributed by atoms with Crippen molar-refractivity contribution in [2.45, 2.75) is 45.3 Å². The summed E-state index contributed by atoms with van der Waals surface area (Å²) in [4.78, 5) is 0. The maximum Gasteiger partial charge on any atom is 0.134 e. The smallest absolute Gasteiger partial charge is 0.134 e. The Balaban J connectivity index is 2.30. The van der Waals surface area contributed by atoms with Crippen LogP contribution in [0.2, 0.25) is 0 Å². The van der Waals surface area contributed by atoms with Gasteiger partial charge in [-0.2, -0.15) is 0 Å². The van der Waals surface area contributed by atoms with E-state index in [2.05, 4.69) is 6.92 Å². The predicted molar refractivity (Wildman–Crippen MR) is 71.4 cm³/mol. The minimum absolute atomic E-state index is 0.0493. The molecule has 18 heavy (non-hydrogen) atoms. The molecule has 0 radical (unpaired) electrons. The lowest BCUT2D eigenvalue weighted by Gasteiger charge is -2.21. The number of nitrogens with two attached hydrogens (primary N) is 1. The van der Waals surface area contributed by atoms with Crippen molar-refractivity contribution < 1.29 is 13.9 Å². The molecule has 0 aliphatic carbocycles. The molecule has 104 valence electrons. The lowest BCUT2D eigenvalue weighted by molar-refractivity contribution is -0.0173. The van der Waals surface area contributed by atoms with Crippen molar-refractivity contribution in [2.75, 3.05) is 19.8 Å². The zero-order valence-corrected chi connectivity index (χ0v) is 11.4. The van der Waals surface area contributed by atoms with Gasteiger partial charge in [0.1, 0.15) is 11.9 Å². The van der Waals surface area contributed by atoms with Crippen molar-refractivity contribution in [1.82, 2.24) is 0 Å². The van der Waals surface area contributed by atoms with E-state index in [1.807, 2.05) is 19.1 Å². The Kier molecular flexibility index (Phi) is 7.73. The molecule has 4 heteroatoms. The first-order valence-corrected chi connectivity index (χ1v) is 6.77. The molecule has 0 aliphatic rings. The standard InChI is InChI=1S/C14H25NO3/c1-3-5-8-16-10-11-18-14(12(15)4-2)13-7-6-9-17-13/h6-7,9,12,14H,3-5,8,10-11,15H2,1-2H3. The second kappa shape index (κ2) is 9.14. The van der Waals surface area contributed by atoms with Crippen LogP contribution in [-0.2, 0) is 9.47 Å². The van der Waals surface area contributed by atoms with Gasteiger partial charge in [-0.1, -0.05) is 20.3 Å². The normalized spacial score (nSPS) is 14.6. The van der Waals surface area contributed by atoms with Gasteiger partial charge < -0.3 is 19.6 Å². The van der Waals surface area contributed by atoms with Crippen molar-refractivity contribution in [3.8, 4) is 0 Å². The minimum atomic E-state index is -0.181. The van der Waals surface area contributed by atoms with E-state index in [9.17, 15) is 0 Å². The van der Waals surface area contributed by atoms with Crippen LogP contribution < -0.4 is 5.73 Å². The summed E-state index contributed by atoms with van der Waals surface area (Å²) in [5, 5.41) is 0. The summed E-state index contributed by atoms with van der Waals surface area (Å²) in [5.74, 6) is 0.790. The van der Waals surface area contributed by atoms with Crippen molar-refractivity contribution >= 4 is 0 Å². The molecular formula is C14H25NO3. The van der Waals surface area contributed by atoms with Crippen LogP contribution in [0.3, 0.4) is 0 Å². The van der Waals surface area contributed by atoms with E-state index in [1.54, 1.807) is 6.26 Å². The van der Waals surface area contributed by atoms with Gasteiger partial charge in [-0.15, -0.1) is 0 Å². The fourth-order valence-corrected chi connectivity index (χ4v) is 1.67. The zero-order chi connectivity index (χ0) is 13.2. The molecule has 0 spiro atoms. The Bertz CT molecular complexity index is 287. The highest BCUT2D eigenvalue weighted by Gasteiger charge is 2.21. The van der Waals surface area contributed by atoms with Crippen molar-refractivity contribution in [3.05, 3.63) is 24.2 Å². The van der Waals surface area contributed by atoms with Gasteiger partial charge in [-0.3, -0.25) is 0 Å². The van der Waals surface area contributed by atoms with Gasteiger partial charge in [0.15, 0.2) is 0 Å². The first-order chi connectivity index (χ1) is 8.79. The fourth-order valence-electron chi connectivity index (χ4n) is 1.67. The topological polar surface area (TPSA) is 57.6 Å². The van der Waals surface area contributed by atoms with Crippen LogP contribution in [0.5, 0.6) is 0 Å². The minimum Gasteiger partial charge on any atom is -0.467 e. The van der Waals surface area contributed by atoms with Crippen LogP contribution in [0.4, 0.5) is 0 Å². The third-order valence-electron chi connectivity index (χ3n) is 2.85. The van der Waals surface area contributed by atoms with Gasteiger partial charge >= 0.3 is 0 Å². The third kappa shape index (κ3) is 5.21. The molecule has 0 aromatic carbocycles. The molecule has 0 saturated carbocycles. The van der Waals surface area contributed by atoms with Gasteiger partial charge in [0.2, 0.25) is 0 Å². The van der Waals surface area contributed by atoms with Crippen molar-refractivity contribution in [2.24, 2.45) is 5.73 Å². The Morgan fingerprint density at radius 3 is 2.72 bits per heavy atom. The lowest BCUT2D eigenvalue weighted by Crippen LogP contribution is -2.30. The van der Waals surface area contributed by atoms with Crippen molar-refractivity contribution in [1.29, 1.82) is 0 Å². The molecule has 0 saturated heterocycles. The van der Waals surface area contributed by atoms with E-state index in [1.165, 1.54) is 0 Å². The molecule has 0 amide bonds. The Morgan fingerprint density at radius 2 is 2.11 bits per heavy atom. The highest BCUT2D eigenvalue weighted by atomic mass is 16.5. The molecule has 1 aromatic heterocycles. The summed E-state index contributed by atoms with van der Waals surface area (Å²) in [6.07, 6.45) is 4.56. The van der Waals surface area contributed by atoms with Gasteiger partial charge in [-0.25, -0.2) is 0 Å². The van der Waals surface area contributed by atoms with E-state index < -0.39 is 0 Å². The highest BCUT2D eigenvalue weighted by molar-refractivity contribution is 5.04. The highest BCUT2D eigenvalue weighted by Crippen LogP contribution is 2.22. The summed E-state index contributed by atoms with van der Waals surface area (Å²) in [5.41, 5.74) is 6.05. The SMILES string of the molecule is CCCCOCCOC(c1ccco1)C(N)CC. The number of rotatable bonds is 10. The number of unbranched alkanes of at least 4 members (excludes halogenated alkanes) is 1. The molecule has 2 unspecified atom stereocenters. The van der Waals surface area contributed by atoms with E-state index >= 15 is 0 Å². The molecule has 1 aromatic rings. The molecule has 2 N–H and O–H groups in total. The second-order valence-corrected chi connectivity index (χ2v) is 4.34. The van der Waals surface area contributed by atoms with Crippen molar-refractivity contribution in [3.63, 3.8) is 0 Å². The third-order valence-corrected chi connectivity index (χ3v) is 2.85. The van der Waals surface area contributed by atoms with Crippen LogP contribution in [0.25, 0.3) is 0 Å². The summed E-state index contributed by atoms with van der Waals surface area (Å²) < 4.78 is 16.6. The monoisotopic (exact) mass is 255 g/mol. The summed E-state index contributed by atoms with van der Waals surface area (Å²) in [6.45, 7) is 6.14. The first-order valence-electron chi connectivity index (χ1n) is 6.77. The van der Waals surface area contributed by atoms with Gasteiger partial charge in [-0.05, 0) is 25.0 Å². The predicted octanol–water partition coefficient (Wildman–Crippen LogP) is 2.89. The van der Waals surface area contributed by atoms with Crippen LogP contribution in [-0.4, -0.2) is 25.9 Å². The van der Waals surface area contributed by atoms with Crippen LogP contribution in [0.1, 0.15) is 45.0 Å². The van der Waals surface area contributed by atoms with Crippen LogP contribution >= 0.6 is 0 Å². The van der Waals surface area contributed by atoms with E-state index in [0.717, 1.165) is 31.6 Å². The number of furan rings is 1. The Labute approximate surface area is 109 Å². The van der Waals surface area contributed by atoms with Gasteiger partial charge in [0, 0.05) is 12.6 Å². The maximum absolute atomic E-state index is 6.05. The molecule has 1 rings (SSSR count). The summed E-state index contributed by atoms with van der Waals surface area (Å²) in [6, 6.07) is 3.70. The van der Waals surface area contributed by atoms with Gasteiger partial charge in [0.25, 0.3) is 0 Å². The number of ether oxygens (including phenoxy) is 2. The van der Waals surface area contributed by atoms with Gasteiger partial charge in [0.05, 0.1) is 19.5 Å². The van der Waals surface area contributed by atoms with Crippen LogP contribution in [0.15, 0.2) is 22.8 Å². The fraction of sp³-hybridized carbons (Fsp3) is 0.714. The number of hydrogen-bond donors (Lipinski definition) is 1. The molecule has 0 fully saturated rings. The quantitative estimate of drug-likeness (QED) is 0.653. The molecular weight excluding hydrogens is 230 g/mol. The van der Waals surface area contributed by atoms with E-state index in [4.69, 9.17) is 19.6 Å². The average molecular weight is 255 g/mol. The first kappa shape index (κ1) is 15.2. The Hall–Kier alpha value is -0.840. The molecule has 0 aliphatic heterocycles. The molecule has 2 atom stereocenters. The molecule has 4 nitrogen and oxygen atoms in total. The second-order valence-electron chi connectivity index (χ2n) is 4.34. The zero-order valence-electron chi connectivity index (χ0n) is 11.4. The summed E-state index contributed by atoms with van der Waals surface area (Å²) >= 11 is 0. The number of hydrogen-bond acceptors (Lipinski definition) is 4. The van der Waals surface area contributed by atoms with E-state index in [-0.39, 0.29) is 12.1 Å². The van der Waals surface area contributed by atoms with E-state index in [0.29, 0.717) is 13.2 Å². The molecule has 1 heterocycles. The summed E-state index contributed by atoms with van der Waals surface area (Å²) in [7, 11) is 0. The largest absolute Gasteiger partial charge is 0.467 e. The lowest BCUT2D eigenvalue weighted by atomic mass is 10.1. The Morgan fingerprint density at radius 1 is 1.28 bits per heavy atom.